The second kappa shape index (κ2) is 12.4. The van der Waals surface area contributed by atoms with Crippen LogP contribution in [-0.4, -0.2) is 67.5 Å². The minimum absolute atomic E-state index is 0.418. The molecule has 174 valence electrons. The lowest BCUT2D eigenvalue weighted by atomic mass is 10.1. The highest BCUT2D eigenvalue weighted by Gasteiger charge is 2.25. The van der Waals surface area contributed by atoms with E-state index in [2.05, 4.69) is 33.7 Å². The number of morpholine rings is 1. The molecule has 1 saturated heterocycles. The number of aliphatic imine (C=N–C) groups is 1. The molecule has 1 unspecified atom stereocenters. The number of aliphatic hydroxyl groups is 1. The van der Waals surface area contributed by atoms with Gasteiger partial charge in [-0.2, -0.15) is 0 Å². The van der Waals surface area contributed by atoms with Crippen molar-refractivity contribution in [2.24, 2.45) is 4.99 Å². The summed E-state index contributed by atoms with van der Waals surface area (Å²) in [7, 11) is 0. The molecular formula is C25H36N4O3. The number of hydrogen-bond donors (Lipinski definition) is 3. The molecule has 1 heterocycles. The van der Waals surface area contributed by atoms with Crippen LogP contribution < -0.4 is 15.4 Å². The normalized spacial score (nSPS) is 16.9. The van der Waals surface area contributed by atoms with Gasteiger partial charge in [-0.1, -0.05) is 42.5 Å². The largest absolute Gasteiger partial charge is 0.489 e. The van der Waals surface area contributed by atoms with Gasteiger partial charge in [-0.25, -0.2) is 4.99 Å². The lowest BCUT2D eigenvalue weighted by molar-refractivity contribution is -0.0201. The van der Waals surface area contributed by atoms with Crippen molar-refractivity contribution in [2.75, 3.05) is 45.9 Å². The number of nitrogens with one attached hydrogen (secondary N) is 2. The van der Waals surface area contributed by atoms with E-state index in [9.17, 15) is 5.11 Å². The van der Waals surface area contributed by atoms with Gasteiger partial charge in [0.25, 0.3) is 0 Å². The fourth-order valence-electron chi connectivity index (χ4n) is 3.58. The molecule has 0 amide bonds. The van der Waals surface area contributed by atoms with E-state index in [1.807, 2.05) is 50.2 Å². The number of ether oxygens (including phenoxy) is 2. The molecule has 2 aromatic rings. The predicted octanol–water partition coefficient (Wildman–Crippen LogP) is 2.40. The molecular weight excluding hydrogens is 404 g/mol. The molecule has 0 bridgehead atoms. The van der Waals surface area contributed by atoms with Crippen LogP contribution >= 0.6 is 0 Å². The molecule has 1 fully saturated rings. The molecule has 3 N–H and O–H groups in total. The minimum Gasteiger partial charge on any atom is -0.489 e. The molecule has 1 aliphatic rings. The molecule has 0 aliphatic carbocycles. The highest BCUT2D eigenvalue weighted by molar-refractivity contribution is 5.79. The molecule has 7 nitrogen and oxygen atoms in total. The lowest BCUT2D eigenvalue weighted by Crippen LogP contribution is -2.52. The molecule has 3 rings (SSSR count). The number of guanidine groups is 1. The van der Waals surface area contributed by atoms with Crippen LogP contribution in [0.4, 0.5) is 0 Å². The van der Waals surface area contributed by atoms with E-state index < -0.39 is 5.60 Å². The maximum atomic E-state index is 10.8. The van der Waals surface area contributed by atoms with Crippen LogP contribution in [0, 0.1) is 0 Å². The van der Waals surface area contributed by atoms with Gasteiger partial charge in [0.1, 0.15) is 12.4 Å². The van der Waals surface area contributed by atoms with Gasteiger partial charge in [0.05, 0.1) is 25.4 Å². The Morgan fingerprint density at radius 1 is 1.09 bits per heavy atom. The van der Waals surface area contributed by atoms with Crippen molar-refractivity contribution in [1.29, 1.82) is 0 Å². The third kappa shape index (κ3) is 8.49. The first-order chi connectivity index (χ1) is 15.5. The number of para-hydroxylation sites is 1. The Morgan fingerprint density at radius 2 is 1.84 bits per heavy atom. The Kier molecular flexibility index (Phi) is 9.34. The first-order valence-corrected chi connectivity index (χ1v) is 11.3. The van der Waals surface area contributed by atoms with Crippen LogP contribution in [0.25, 0.3) is 0 Å². The van der Waals surface area contributed by atoms with Gasteiger partial charge >= 0.3 is 0 Å². The van der Waals surface area contributed by atoms with E-state index in [1.165, 1.54) is 0 Å². The van der Waals surface area contributed by atoms with Crippen molar-refractivity contribution in [3.63, 3.8) is 0 Å². The summed E-state index contributed by atoms with van der Waals surface area (Å²) in [6.07, 6.45) is 0. The Labute approximate surface area is 191 Å². The van der Waals surface area contributed by atoms with Crippen LogP contribution in [-0.2, 0) is 17.9 Å². The van der Waals surface area contributed by atoms with Crippen LogP contribution in [0.3, 0.4) is 0 Å². The second-order valence-corrected chi connectivity index (χ2v) is 8.36. The Hall–Kier alpha value is -2.61. The molecule has 0 aromatic heterocycles. The number of benzene rings is 2. The molecule has 2 aromatic carbocycles. The fourth-order valence-corrected chi connectivity index (χ4v) is 3.58. The first kappa shape index (κ1) is 24.0. The molecule has 0 radical (unpaired) electrons. The van der Waals surface area contributed by atoms with Crippen molar-refractivity contribution in [1.82, 2.24) is 15.5 Å². The lowest BCUT2D eigenvalue weighted by Gasteiger charge is -2.34. The number of nitrogens with zero attached hydrogens (tertiary/aromatic N) is 2. The fraction of sp³-hybridized carbons (Fsp3) is 0.480. The maximum Gasteiger partial charge on any atom is 0.191 e. The summed E-state index contributed by atoms with van der Waals surface area (Å²) in [5.74, 6) is 1.55. The minimum atomic E-state index is -0.859. The number of β-amino-alcohol motifs (C(OH)–C–C–N with tert-alkyl or cyclic N) is 1. The summed E-state index contributed by atoms with van der Waals surface area (Å²) in [4.78, 5) is 6.94. The van der Waals surface area contributed by atoms with Gasteiger partial charge in [-0.3, -0.25) is 4.90 Å². The molecule has 1 aliphatic heterocycles. The summed E-state index contributed by atoms with van der Waals surface area (Å²) in [6.45, 7) is 9.88. The highest BCUT2D eigenvalue weighted by Crippen LogP contribution is 2.13. The van der Waals surface area contributed by atoms with Crippen LogP contribution in [0.15, 0.2) is 59.6 Å². The van der Waals surface area contributed by atoms with Gasteiger partial charge in [0.2, 0.25) is 0 Å². The quantitative estimate of drug-likeness (QED) is 0.389. The van der Waals surface area contributed by atoms with Crippen molar-refractivity contribution in [3.05, 3.63) is 65.7 Å². The maximum absolute atomic E-state index is 10.8. The summed E-state index contributed by atoms with van der Waals surface area (Å²) >= 11 is 0. The second-order valence-electron chi connectivity index (χ2n) is 8.36. The zero-order valence-electron chi connectivity index (χ0n) is 19.2. The third-order valence-corrected chi connectivity index (χ3v) is 5.21. The monoisotopic (exact) mass is 440 g/mol. The molecule has 7 heteroatoms. The Morgan fingerprint density at radius 3 is 2.59 bits per heavy atom. The highest BCUT2D eigenvalue weighted by atomic mass is 16.5. The van der Waals surface area contributed by atoms with Crippen LogP contribution in [0.1, 0.15) is 25.0 Å². The van der Waals surface area contributed by atoms with E-state index in [1.54, 1.807) is 0 Å². The van der Waals surface area contributed by atoms with Crippen molar-refractivity contribution in [3.8, 4) is 5.75 Å². The summed E-state index contributed by atoms with van der Waals surface area (Å²) in [6, 6.07) is 18.1. The predicted molar refractivity (Wildman–Crippen MR) is 128 cm³/mol. The van der Waals surface area contributed by atoms with Crippen LogP contribution in [0.2, 0.25) is 0 Å². The van der Waals surface area contributed by atoms with E-state index in [4.69, 9.17) is 14.5 Å². The van der Waals surface area contributed by atoms with Crippen molar-refractivity contribution >= 4 is 5.96 Å². The molecule has 32 heavy (non-hydrogen) atoms. The van der Waals surface area contributed by atoms with Gasteiger partial charge in [-0.15, -0.1) is 0 Å². The zero-order chi connectivity index (χ0) is 22.7. The summed E-state index contributed by atoms with van der Waals surface area (Å²) in [5.41, 5.74) is 1.35. The van der Waals surface area contributed by atoms with Crippen LogP contribution in [0.5, 0.6) is 5.75 Å². The zero-order valence-corrected chi connectivity index (χ0v) is 19.2. The average molecular weight is 441 g/mol. The van der Waals surface area contributed by atoms with Crippen molar-refractivity contribution in [2.45, 2.75) is 32.6 Å². The van der Waals surface area contributed by atoms with Gasteiger partial charge < -0.3 is 25.2 Å². The van der Waals surface area contributed by atoms with E-state index in [-0.39, 0.29) is 0 Å². The van der Waals surface area contributed by atoms with Crippen molar-refractivity contribution < 1.29 is 14.6 Å². The first-order valence-electron chi connectivity index (χ1n) is 11.3. The SMILES string of the molecule is CCNC(=NCc1cccc(COc2ccccc2)c1)NCC(C)(O)CN1CCOCC1. The standard InChI is InChI=1S/C25H36N4O3/c1-3-26-24(28-19-25(2,30)20-29-12-14-31-15-13-29)27-17-21-8-7-9-22(16-21)18-32-23-10-5-4-6-11-23/h4-11,16,30H,3,12-15,17-20H2,1-2H3,(H2,26,27,28). The smallest absolute Gasteiger partial charge is 0.191 e. The third-order valence-electron chi connectivity index (χ3n) is 5.21. The van der Waals surface area contributed by atoms with Gasteiger partial charge in [0, 0.05) is 32.7 Å². The Balaban J connectivity index is 1.52. The number of hydrogen-bond acceptors (Lipinski definition) is 5. The van der Waals surface area contributed by atoms with Gasteiger partial charge in [0.15, 0.2) is 5.96 Å². The summed E-state index contributed by atoms with van der Waals surface area (Å²) in [5, 5.41) is 17.4. The number of rotatable bonds is 10. The molecule has 1 atom stereocenters. The summed E-state index contributed by atoms with van der Waals surface area (Å²) < 4.78 is 11.2. The van der Waals surface area contributed by atoms with E-state index in [0.29, 0.717) is 32.2 Å². The molecule has 0 spiro atoms. The van der Waals surface area contributed by atoms with E-state index in [0.717, 1.165) is 49.7 Å². The Bertz CT molecular complexity index is 836. The molecule has 0 saturated carbocycles. The van der Waals surface area contributed by atoms with E-state index >= 15 is 0 Å². The van der Waals surface area contributed by atoms with Gasteiger partial charge in [-0.05, 0) is 37.1 Å². The average Bonchev–Trinajstić information content (AvgIpc) is 2.81. The topological polar surface area (TPSA) is 78.4 Å².